The van der Waals surface area contributed by atoms with Crippen LogP contribution in [0.3, 0.4) is 0 Å². The van der Waals surface area contributed by atoms with Gasteiger partial charge in [0, 0.05) is 51.9 Å². The average Bonchev–Trinajstić information content (AvgIpc) is 2.63. The van der Waals surface area contributed by atoms with Gasteiger partial charge in [-0.1, -0.05) is 12.1 Å². The largest absolute Gasteiger partial charge is 0.450 e. The van der Waals surface area contributed by atoms with Crippen LogP contribution < -0.4 is 5.32 Å². The van der Waals surface area contributed by atoms with Gasteiger partial charge in [-0.05, 0) is 12.5 Å². The Labute approximate surface area is 146 Å². The maximum absolute atomic E-state index is 11.7. The van der Waals surface area contributed by atoms with E-state index in [1.807, 2.05) is 11.0 Å². The molecule has 1 aromatic rings. The van der Waals surface area contributed by atoms with E-state index in [-0.39, 0.29) is 11.8 Å². The topological polar surface area (TPSA) is 100 Å². The van der Waals surface area contributed by atoms with Crippen LogP contribution >= 0.6 is 0 Å². The molecule has 1 saturated heterocycles. The number of ether oxygens (including phenoxy) is 1. The molecule has 0 aliphatic carbocycles. The fourth-order valence-corrected chi connectivity index (χ4v) is 2.61. The van der Waals surface area contributed by atoms with Gasteiger partial charge in [0.15, 0.2) is 5.96 Å². The van der Waals surface area contributed by atoms with Crippen molar-refractivity contribution < 1.29 is 14.5 Å². The number of nitrogens with zero attached hydrogens (tertiary/aromatic N) is 4. The maximum atomic E-state index is 11.7. The highest BCUT2D eigenvalue weighted by Gasteiger charge is 2.23. The second-order valence-electron chi connectivity index (χ2n) is 5.50. The smallest absolute Gasteiger partial charge is 0.409 e. The van der Waals surface area contributed by atoms with Crippen molar-refractivity contribution in [2.45, 2.75) is 13.5 Å². The van der Waals surface area contributed by atoms with Crippen molar-refractivity contribution in [1.29, 1.82) is 0 Å². The van der Waals surface area contributed by atoms with E-state index in [1.54, 1.807) is 31.0 Å². The Kier molecular flexibility index (Phi) is 6.55. The lowest BCUT2D eigenvalue weighted by Crippen LogP contribution is -2.53. The lowest BCUT2D eigenvalue weighted by Gasteiger charge is -2.35. The van der Waals surface area contributed by atoms with Crippen LogP contribution in [0, 0.1) is 10.1 Å². The summed E-state index contributed by atoms with van der Waals surface area (Å²) in [7, 11) is 1.69. The van der Waals surface area contributed by atoms with Gasteiger partial charge >= 0.3 is 6.09 Å². The summed E-state index contributed by atoms with van der Waals surface area (Å²) in [5.41, 5.74) is 0.873. The van der Waals surface area contributed by atoms with Crippen molar-refractivity contribution in [2.75, 3.05) is 39.8 Å². The van der Waals surface area contributed by atoms with E-state index < -0.39 is 4.92 Å². The highest BCUT2D eigenvalue weighted by molar-refractivity contribution is 5.80. The van der Waals surface area contributed by atoms with Crippen molar-refractivity contribution >= 4 is 17.7 Å². The minimum atomic E-state index is -0.410. The first-order valence-electron chi connectivity index (χ1n) is 8.15. The minimum absolute atomic E-state index is 0.0670. The molecule has 0 atom stereocenters. The van der Waals surface area contributed by atoms with Crippen LogP contribution in [-0.2, 0) is 11.3 Å². The van der Waals surface area contributed by atoms with Gasteiger partial charge in [-0.3, -0.25) is 15.1 Å². The molecule has 25 heavy (non-hydrogen) atoms. The summed E-state index contributed by atoms with van der Waals surface area (Å²) in [6, 6.07) is 6.49. The lowest BCUT2D eigenvalue weighted by molar-refractivity contribution is -0.384. The van der Waals surface area contributed by atoms with Crippen LogP contribution in [0.2, 0.25) is 0 Å². The molecule has 1 aliphatic heterocycles. The Hall–Kier alpha value is -2.84. The first-order valence-corrected chi connectivity index (χ1v) is 8.15. The molecule has 0 aromatic heterocycles. The number of non-ortho nitro benzene ring substituents is 1. The van der Waals surface area contributed by atoms with Crippen LogP contribution in [0.5, 0.6) is 0 Å². The lowest BCUT2D eigenvalue weighted by atomic mass is 10.2. The Bertz CT molecular complexity index is 641. The minimum Gasteiger partial charge on any atom is -0.450 e. The number of carbonyl (C=O) groups excluding carboxylic acids is 1. The van der Waals surface area contributed by atoms with Crippen LogP contribution in [0.25, 0.3) is 0 Å². The fraction of sp³-hybridized carbons (Fsp3) is 0.500. The second-order valence-corrected chi connectivity index (χ2v) is 5.50. The number of guanidine groups is 1. The third kappa shape index (κ3) is 5.07. The standard InChI is InChI=1S/C16H23N5O4/c1-3-25-16(22)20-9-7-19(8-10-20)15(17-2)18-12-13-5-4-6-14(11-13)21(23)24/h4-6,11H,3,7-10,12H2,1-2H3,(H,17,18). The summed E-state index contributed by atoms with van der Waals surface area (Å²) in [6.45, 7) is 5.01. The number of rotatable bonds is 4. The third-order valence-electron chi connectivity index (χ3n) is 3.89. The Morgan fingerprint density at radius 2 is 2.00 bits per heavy atom. The number of benzene rings is 1. The Balaban J connectivity index is 1.88. The number of aliphatic imine (C=N–C) groups is 1. The molecule has 1 aromatic carbocycles. The average molecular weight is 349 g/mol. The first kappa shape index (κ1) is 18.5. The van der Waals surface area contributed by atoms with E-state index in [1.165, 1.54) is 6.07 Å². The third-order valence-corrected chi connectivity index (χ3v) is 3.89. The zero-order chi connectivity index (χ0) is 18.2. The molecule has 1 aliphatic rings. The van der Waals surface area contributed by atoms with E-state index in [4.69, 9.17) is 4.74 Å². The van der Waals surface area contributed by atoms with Crippen LogP contribution in [0.4, 0.5) is 10.5 Å². The van der Waals surface area contributed by atoms with Crippen LogP contribution in [0.15, 0.2) is 29.3 Å². The van der Waals surface area contributed by atoms with Crippen molar-refractivity contribution in [3.8, 4) is 0 Å². The number of amides is 1. The molecule has 0 spiro atoms. The zero-order valence-corrected chi connectivity index (χ0v) is 14.5. The normalized spacial score (nSPS) is 15.0. The molecule has 0 radical (unpaired) electrons. The van der Waals surface area contributed by atoms with Gasteiger partial charge in [-0.25, -0.2) is 4.79 Å². The van der Waals surface area contributed by atoms with Crippen molar-refractivity contribution in [1.82, 2.24) is 15.1 Å². The molecular formula is C16H23N5O4. The molecule has 9 heteroatoms. The molecule has 1 amide bonds. The molecule has 1 fully saturated rings. The van der Waals surface area contributed by atoms with Gasteiger partial charge in [-0.15, -0.1) is 0 Å². The zero-order valence-electron chi connectivity index (χ0n) is 14.5. The van der Waals surface area contributed by atoms with Gasteiger partial charge in [0.05, 0.1) is 11.5 Å². The summed E-state index contributed by atoms with van der Waals surface area (Å²) >= 11 is 0. The Morgan fingerprint density at radius 3 is 2.60 bits per heavy atom. The van der Waals surface area contributed by atoms with Crippen molar-refractivity contribution in [2.24, 2.45) is 4.99 Å². The molecule has 0 unspecified atom stereocenters. The Morgan fingerprint density at radius 1 is 1.32 bits per heavy atom. The van der Waals surface area contributed by atoms with E-state index in [9.17, 15) is 14.9 Å². The molecule has 1 heterocycles. The molecule has 0 saturated carbocycles. The van der Waals surface area contributed by atoms with E-state index in [2.05, 4.69) is 10.3 Å². The van der Waals surface area contributed by atoms with Gasteiger partial charge in [-0.2, -0.15) is 0 Å². The van der Waals surface area contributed by atoms with Gasteiger partial charge < -0.3 is 19.9 Å². The fourth-order valence-electron chi connectivity index (χ4n) is 2.61. The number of hydrogen-bond donors (Lipinski definition) is 1. The number of hydrogen-bond acceptors (Lipinski definition) is 5. The van der Waals surface area contributed by atoms with E-state index in [0.717, 1.165) is 5.56 Å². The van der Waals surface area contributed by atoms with Crippen LogP contribution in [0.1, 0.15) is 12.5 Å². The quantitative estimate of drug-likeness (QED) is 0.382. The number of nitrogens with one attached hydrogen (secondary N) is 1. The summed E-state index contributed by atoms with van der Waals surface area (Å²) in [5.74, 6) is 0.704. The predicted octanol–water partition coefficient (Wildman–Crippen LogP) is 1.44. The summed E-state index contributed by atoms with van der Waals surface area (Å²) < 4.78 is 5.01. The van der Waals surface area contributed by atoms with Gasteiger partial charge in [0.2, 0.25) is 0 Å². The molecular weight excluding hydrogens is 326 g/mol. The maximum Gasteiger partial charge on any atom is 0.409 e. The molecule has 1 N–H and O–H groups in total. The van der Waals surface area contributed by atoms with Gasteiger partial charge in [0.25, 0.3) is 5.69 Å². The number of piperazine rings is 1. The first-order chi connectivity index (χ1) is 12.0. The monoisotopic (exact) mass is 349 g/mol. The van der Waals surface area contributed by atoms with Crippen molar-refractivity contribution in [3.05, 3.63) is 39.9 Å². The van der Waals surface area contributed by atoms with Gasteiger partial charge in [0.1, 0.15) is 0 Å². The SMILES string of the molecule is CCOC(=O)N1CCN(C(=NC)NCc2cccc([N+](=O)[O-])c2)CC1. The molecule has 0 bridgehead atoms. The molecule has 136 valence electrons. The highest BCUT2D eigenvalue weighted by Crippen LogP contribution is 2.13. The number of nitro groups is 1. The van der Waals surface area contributed by atoms with Crippen LogP contribution in [-0.4, -0.2) is 66.6 Å². The van der Waals surface area contributed by atoms with E-state index >= 15 is 0 Å². The molecule has 9 nitrogen and oxygen atoms in total. The van der Waals surface area contributed by atoms with Crippen molar-refractivity contribution in [3.63, 3.8) is 0 Å². The number of carbonyl (C=O) groups is 1. The second kappa shape index (κ2) is 8.86. The summed E-state index contributed by atoms with van der Waals surface area (Å²) in [4.78, 5) is 30.1. The number of nitro benzene ring substituents is 1. The predicted molar refractivity (Wildman–Crippen MR) is 93.5 cm³/mol. The van der Waals surface area contributed by atoms with E-state index in [0.29, 0.717) is 45.3 Å². The molecule has 2 rings (SSSR count). The summed E-state index contributed by atoms with van der Waals surface area (Å²) in [6.07, 6.45) is -0.290. The highest BCUT2D eigenvalue weighted by atomic mass is 16.6. The summed E-state index contributed by atoms with van der Waals surface area (Å²) in [5, 5.41) is 14.0.